The Balaban J connectivity index is 1.16. The van der Waals surface area contributed by atoms with Crippen molar-refractivity contribution in [1.29, 1.82) is 0 Å². The monoisotopic (exact) mass is 489 g/mol. The standard InChI is InChI=1S/C26H20FN3O6/c1-33-22-12-18-17-4-2-3-5-20(17)35-21(18)13-19(22)28-23(31)14-34-25(32)11-10-24-29-26(30-36-24)15-6-8-16(27)9-7-15/h2-9,12-13H,10-11,14H2,1H3,(H,28,31). The van der Waals surface area contributed by atoms with Crippen molar-refractivity contribution < 1.29 is 32.4 Å². The number of aryl methyl sites for hydroxylation is 1. The van der Waals surface area contributed by atoms with Gasteiger partial charge in [-0.05, 0) is 36.4 Å². The molecule has 10 heteroatoms. The first kappa shape index (κ1) is 23.0. The molecular formula is C26H20FN3O6. The Morgan fingerprint density at radius 2 is 1.83 bits per heavy atom. The average molecular weight is 489 g/mol. The molecule has 0 aliphatic heterocycles. The second kappa shape index (κ2) is 9.87. The van der Waals surface area contributed by atoms with Gasteiger partial charge in [-0.3, -0.25) is 9.59 Å². The number of fused-ring (bicyclic) bond motifs is 3. The number of aromatic nitrogens is 2. The molecule has 9 nitrogen and oxygen atoms in total. The lowest BCUT2D eigenvalue weighted by atomic mass is 10.1. The van der Waals surface area contributed by atoms with E-state index in [4.69, 9.17) is 18.4 Å². The molecule has 0 bridgehead atoms. The molecular weight excluding hydrogens is 469 g/mol. The maximum Gasteiger partial charge on any atom is 0.306 e. The number of amides is 1. The number of para-hydroxylation sites is 1. The minimum Gasteiger partial charge on any atom is -0.495 e. The van der Waals surface area contributed by atoms with Gasteiger partial charge in [0.05, 0.1) is 19.2 Å². The summed E-state index contributed by atoms with van der Waals surface area (Å²) in [6, 6.07) is 16.7. The molecule has 5 aromatic rings. The van der Waals surface area contributed by atoms with Gasteiger partial charge in [-0.2, -0.15) is 4.98 Å². The molecule has 0 spiro atoms. The first-order valence-electron chi connectivity index (χ1n) is 11.0. The van der Waals surface area contributed by atoms with Gasteiger partial charge in [-0.1, -0.05) is 23.4 Å². The zero-order valence-electron chi connectivity index (χ0n) is 19.1. The number of benzene rings is 3. The van der Waals surface area contributed by atoms with E-state index in [-0.39, 0.29) is 30.4 Å². The summed E-state index contributed by atoms with van der Waals surface area (Å²) in [5.74, 6) is -0.558. The summed E-state index contributed by atoms with van der Waals surface area (Å²) >= 11 is 0. The number of anilines is 1. The molecule has 2 heterocycles. The molecule has 0 atom stereocenters. The van der Waals surface area contributed by atoms with Crippen molar-refractivity contribution in [2.75, 3.05) is 19.0 Å². The van der Waals surface area contributed by atoms with Gasteiger partial charge in [0.15, 0.2) is 6.61 Å². The molecule has 5 rings (SSSR count). The molecule has 0 fully saturated rings. The number of carbonyl (C=O) groups excluding carboxylic acids is 2. The van der Waals surface area contributed by atoms with Crippen LogP contribution in [-0.2, 0) is 20.7 Å². The Morgan fingerprint density at radius 3 is 2.64 bits per heavy atom. The molecule has 0 aliphatic carbocycles. The van der Waals surface area contributed by atoms with E-state index < -0.39 is 18.5 Å². The van der Waals surface area contributed by atoms with E-state index >= 15 is 0 Å². The molecule has 1 N–H and O–H groups in total. The average Bonchev–Trinajstić information content (AvgIpc) is 3.50. The van der Waals surface area contributed by atoms with Crippen LogP contribution in [-0.4, -0.2) is 35.7 Å². The van der Waals surface area contributed by atoms with Crippen LogP contribution < -0.4 is 10.1 Å². The lowest BCUT2D eigenvalue weighted by Gasteiger charge is -2.10. The van der Waals surface area contributed by atoms with Gasteiger partial charge in [0, 0.05) is 28.8 Å². The number of nitrogens with zero attached hydrogens (tertiary/aromatic N) is 2. The topological polar surface area (TPSA) is 117 Å². The summed E-state index contributed by atoms with van der Waals surface area (Å²) < 4.78 is 34.5. The predicted octanol–water partition coefficient (Wildman–Crippen LogP) is 4.90. The van der Waals surface area contributed by atoms with E-state index in [2.05, 4.69) is 15.5 Å². The smallest absolute Gasteiger partial charge is 0.306 e. The third kappa shape index (κ3) is 4.88. The van der Waals surface area contributed by atoms with Gasteiger partial charge in [0.2, 0.25) is 11.7 Å². The molecule has 3 aromatic carbocycles. The number of ether oxygens (including phenoxy) is 2. The number of hydrogen-bond acceptors (Lipinski definition) is 8. The van der Waals surface area contributed by atoms with Gasteiger partial charge in [0.1, 0.15) is 22.7 Å². The summed E-state index contributed by atoms with van der Waals surface area (Å²) in [5, 5.41) is 8.30. The van der Waals surface area contributed by atoms with Crippen LogP contribution in [0.5, 0.6) is 5.75 Å². The highest BCUT2D eigenvalue weighted by molar-refractivity contribution is 6.07. The van der Waals surface area contributed by atoms with E-state index in [0.29, 0.717) is 22.6 Å². The van der Waals surface area contributed by atoms with Crippen LogP contribution in [0.15, 0.2) is 69.6 Å². The van der Waals surface area contributed by atoms with Crippen molar-refractivity contribution in [2.24, 2.45) is 0 Å². The second-order valence-electron chi connectivity index (χ2n) is 7.87. The van der Waals surface area contributed by atoms with Gasteiger partial charge in [0.25, 0.3) is 5.91 Å². The van der Waals surface area contributed by atoms with Crippen molar-refractivity contribution in [3.8, 4) is 17.1 Å². The SMILES string of the molecule is COc1cc2c(cc1NC(=O)COC(=O)CCc1nc(-c3ccc(F)cc3)no1)oc1ccccc12. The Kier molecular flexibility index (Phi) is 6.31. The number of furan rings is 1. The van der Waals surface area contributed by atoms with E-state index in [1.807, 2.05) is 24.3 Å². The van der Waals surface area contributed by atoms with Crippen molar-refractivity contribution in [3.63, 3.8) is 0 Å². The zero-order valence-corrected chi connectivity index (χ0v) is 19.1. The molecule has 1 amide bonds. The fourth-order valence-electron chi connectivity index (χ4n) is 3.70. The third-order valence-electron chi connectivity index (χ3n) is 5.45. The minimum absolute atomic E-state index is 0.0629. The largest absolute Gasteiger partial charge is 0.495 e. The van der Waals surface area contributed by atoms with Crippen LogP contribution in [0, 0.1) is 5.82 Å². The summed E-state index contributed by atoms with van der Waals surface area (Å²) in [7, 11) is 1.50. The first-order chi connectivity index (χ1) is 17.5. The van der Waals surface area contributed by atoms with Crippen LogP contribution in [0.2, 0.25) is 0 Å². The lowest BCUT2D eigenvalue weighted by Crippen LogP contribution is -2.21. The van der Waals surface area contributed by atoms with E-state index in [0.717, 1.165) is 16.4 Å². The van der Waals surface area contributed by atoms with Crippen molar-refractivity contribution >= 4 is 39.5 Å². The molecule has 0 saturated carbocycles. The molecule has 0 saturated heterocycles. The predicted molar refractivity (Wildman–Crippen MR) is 128 cm³/mol. The number of nitrogens with one attached hydrogen (secondary N) is 1. The quantitative estimate of drug-likeness (QED) is 0.306. The van der Waals surface area contributed by atoms with Crippen LogP contribution >= 0.6 is 0 Å². The van der Waals surface area contributed by atoms with Crippen LogP contribution in [0.25, 0.3) is 33.3 Å². The fraction of sp³-hybridized carbons (Fsp3) is 0.154. The molecule has 0 radical (unpaired) electrons. The Hall–Kier alpha value is -4.73. The Bertz CT molecular complexity index is 1560. The summed E-state index contributed by atoms with van der Waals surface area (Å²) in [6.45, 7) is -0.481. The maximum atomic E-state index is 13.1. The molecule has 182 valence electrons. The minimum atomic E-state index is -0.605. The summed E-state index contributed by atoms with van der Waals surface area (Å²) in [5.41, 5.74) is 2.29. The molecule has 36 heavy (non-hydrogen) atoms. The second-order valence-corrected chi connectivity index (χ2v) is 7.87. The Morgan fingerprint density at radius 1 is 1.03 bits per heavy atom. The number of halogens is 1. The molecule has 0 unspecified atom stereocenters. The van der Waals surface area contributed by atoms with E-state index in [1.54, 1.807) is 12.1 Å². The van der Waals surface area contributed by atoms with Gasteiger partial charge < -0.3 is 23.7 Å². The van der Waals surface area contributed by atoms with Gasteiger partial charge in [-0.25, -0.2) is 4.39 Å². The fourth-order valence-corrected chi connectivity index (χ4v) is 3.70. The third-order valence-corrected chi connectivity index (χ3v) is 5.45. The number of esters is 1. The summed E-state index contributed by atoms with van der Waals surface area (Å²) in [4.78, 5) is 28.7. The van der Waals surface area contributed by atoms with E-state index in [1.165, 1.54) is 31.4 Å². The molecule has 0 aliphatic rings. The van der Waals surface area contributed by atoms with Crippen LogP contribution in [0.4, 0.5) is 10.1 Å². The normalized spacial score (nSPS) is 11.1. The van der Waals surface area contributed by atoms with Crippen molar-refractivity contribution in [2.45, 2.75) is 12.8 Å². The lowest BCUT2D eigenvalue weighted by molar-refractivity contribution is -0.147. The van der Waals surface area contributed by atoms with Crippen molar-refractivity contribution in [1.82, 2.24) is 10.1 Å². The Labute approximate surface area is 203 Å². The molecule has 2 aromatic heterocycles. The zero-order chi connectivity index (χ0) is 25.1. The highest BCUT2D eigenvalue weighted by Crippen LogP contribution is 2.36. The number of carbonyl (C=O) groups is 2. The van der Waals surface area contributed by atoms with Crippen LogP contribution in [0.1, 0.15) is 12.3 Å². The summed E-state index contributed by atoms with van der Waals surface area (Å²) in [6.07, 6.45) is 0.0672. The highest BCUT2D eigenvalue weighted by Gasteiger charge is 2.16. The maximum absolute atomic E-state index is 13.1. The van der Waals surface area contributed by atoms with Gasteiger partial charge >= 0.3 is 5.97 Å². The highest BCUT2D eigenvalue weighted by atomic mass is 19.1. The number of methoxy groups -OCH3 is 1. The van der Waals surface area contributed by atoms with E-state index in [9.17, 15) is 14.0 Å². The van der Waals surface area contributed by atoms with Crippen molar-refractivity contribution in [3.05, 3.63) is 72.4 Å². The van der Waals surface area contributed by atoms with Gasteiger partial charge in [-0.15, -0.1) is 0 Å². The first-order valence-corrected chi connectivity index (χ1v) is 11.0. The van der Waals surface area contributed by atoms with Crippen LogP contribution in [0.3, 0.4) is 0 Å². The number of rotatable bonds is 8. The number of hydrogen-bond donors (Lipinski definition) is 1.